The highest BCUT2D eigenvalue weighted by Crippen LogP contribution is 2.18. The number of nitrogens with one attached hydrogen (secondary N) is 2. The quantitative estimate of drug-likeness (QED) is 0.533. The number of rotatable bonds is 9. The Morgan fingerprint density at radius 1 is 1.15 bits per heavy atom. The van der Waals surface area contributed by atoms with Gasteiger partial charge >= 0.3 is 0 Å². The minimum Gasteiger partial charge on any atom is -0.356 e. The Morgan fingerprint density at radius 2 is 2.04 bits per heavy atom. The summed E-state index contributed by atoms with van der Waals surface area (Å²) in [6.07, 6.45) is 8.29. The summed E-state index contributed by atoms with van der Waals surface area (Å²) >= 11 is 7.87. The van der Waals surface area contributed by atoms with Gasteiger partial charge in [0.05, 0.1) is 10.7 Å². The number of pyridine rings is 2. The van der Waals surface area contributed by atoms with Gasteiger partial charge in [-0.25, -0.2) is 4.98 Å². The maximum Gasteiger partial charge on any atom is 0.255 e. The van der Waals surface area contributed by atoms with E-state index in [1.165, 1.54) is 0 Å². The molecule has 0 fully saturated rings. The zero-order valence-electron chi connectivity index (χ0n) is 14.7. The Balaban J connectivity index is 1.40. The molecule has 0 amide bonds. The van der Waals surface area contributed by atoms with Crippen LogP contribution in [0.3, 0.4) is 0 Å². The average molecular weight is 402 g/mol. The van der Waals surface area contributed by atoms with Crippen LogP contribution in [-0.4, -0.2) is 32.2 Å². The van der Waals surface area contributed by atoms with E-state index in [2.05, 4.69) is 25.3 Å². The fourth-order valence-electron chi connectivity index (χ4n) is 2.43. The second-order valence-electron chi connectivity index (χ2n) is 5.89. The van der Waals surface area contributed by atoms with Gasteiger partial charge in [-0.15, -0.1) is 0 Å². The Hall–Kier alpha value is -2.38. The highest BCUT2D eigenvalue weighted by Gasteiger charge is 2.04. The molecular weight excluding hydrogens is 382 g/mol. The summed E-state index contributed by atoms with van der Waals surface area (Å²) in [6.45, 7) is 0.730. The zero-order chi connectivity index (χ0) is 18.9. The van der Waals surface area contributed by atoms with Gasteiger partial charge in [0.2, 0.25) is 5.95 Å². The van der Waals surface area contributed by atoms with Crippen LogP contribution in [0.4, 0.5) is 5.95 Å². The van der Waals surface area contributed by atoms with Gasteiger partial charge < -0.3 is 5.32 Å². The van der Waals surface area contributed by atoms with E-state index in [4.69, 9.17) is 11.6 Å². The molecule has 3 rings (SSSR count). The Bertz CT molecular complexity index is 919. The molecule has 0 radical (unpaired) electrons. The highest BCUT2D eigenvalue weighted by molar-refractivity contribution is 7.98. The molecule has 0 spiro atoms. The highest BCUT2D eigenvalue weighted by atomic mass is 35.5. The topological polar surface area (TPSA) is 83.6 Å². The van der Waals surface area contributed by atoms with Gasteiger partial charge in [-0.2, -0.15) is 11.8 Å². The normalized spacial score (nSPS) is 10.7. The number of hydrogen-bond donors (Lipinski definition) is 2. The Morgan fingerprint density at radius 3 is 2.81 bits per heavy atom. The third kappa shape index (κ3) is 6.08. The maximum absolute atomic E-state index is 12.2. The minimum absolute atomic E-state index is 0.129. The van der Waals surface area contributed by atoms with E-state index in [1.807, 2.05) is 24.3 Å². The van der Waals surface area contributed by atoms with Crippen molar-refractivity contribution in [2.75, 3.05) is 17.6 Å². The number of thioether (sulfide) groups is 1. The molecule has 8 heteroatoms. The molecule has 2 N–H and O–H groups in total. The van der Waals surface area contributed by atoms with Crippen molar-refractivity contribution in [2.45, 2.75) is 18.6 Å². The number of hydrogen-bond acceptors (Lipinski definition) is 6. The van der Waals surface area contributed by atoms with Crippen LogP contribution in [0.5, 0.6) is 0 Å². The molecule has 0 aliphatic rings. The summed E-state index contributed by atoms with van der Waals surface area (Å²) in [7, 11) is 0. The standard InChI is InChI=1S/C19H20ClN5OS/c20-16-5-2-7-22-17(16)13-27-9-3-8-23-19-24-12-15(18(26)25-19)10-14-4-1-6-21-11-14/h1-2,4-7,11-12H,3,8-10,13H2,(H2,23,24,25,26). The van der Waals surface area contributed by atoms with Gasteiger partial charge in [0, 0.05) is 49.1 Å². The van der Waals surface area contributed by atoms with Gasteiger partial charge in [-0.1, -0.05) is 17.7 Å². The molecule has 27 heavy (non-hydrogen) atoms. The molecule has 0 aromatic carbocycles. The van der Waals surface area contributed by atoms with Crippen molar-refractivity contribution in [1.29, 1.82) is 0 Å². The average Bonchev–Trinajstić information content (AvgIpc) is 2.69. The zero-order valence-corrected chi connectivity index (χ0v) is 16.3. The van der Waals surface area contributed by atoms with Gasteiger partial charge in [0.25, 0.3) is 5.56 Å². The third-order valence-corrected chi connectivity index (χ3v) is 5.22. The molecule has 6 nitrogen and oxygen atoms in total. The second kappa shape index (κ2) is 10.1. The molecule has 3 heterocycles. The van der Waals surface area contributed by atoms with Crippen molar-refractivity contribution in [2.24, 2.45) is 0 Å². The van der Waals surface area contributed by atoms with E-state index in [-0.39, 0.29) is 5.56 Å². The Labute approximate surface area is 166 Å². The van der Waals surface area contributed by atoms with Crippen molar-refractivity contribution in [3.8, 4) is 0 Å². The SMILES string of the molecule is O=c1[nH]c(NCCCSCc2ncccc2Cl)ncc1Cc1cccnc1. The van der Waals surface area contributed by atoms with E-state index < -0.39 is 0 Å². The van der Waals surface area contributed by atoms with E-state index in [1.54, 1.807) is 36.5 Å². The summed E-state index contributed by atoms with van der Waals surface area (Å²) in [4.78, 5) is 27.6. The van der Waals surface area contributed by atoms with Crippen molar-refractivity contribution in [3.05, 3.63) is 81.3 Å². The molecule has 0 atom stereocenters. The first-order valence-corrected chi connectivity index (χ1v) is 10.1. The van der Waals surface area contributed by atoms with Crippen LogP contribution in [0, 0.1) is 0 Å². The maximum atomic E-state index is 12.2. The van der Waals surface area contributed by atoms with E-state index in [9.17, 15) is 4.79 Å². The van der Waals surface area contributed by atoms with Crippen LogP contribution in [0.25, 0.3) is 0 Å². The van der Waals surface area contributed by atoms with E-state index in [0.717, 1.165) is 35.7 Å². The van der Waals surface area contributed by atoms with E-state index in [0.29, 0.717) is 23.0 Å². The second-order valence-corrected chi connectivity index (χ2v) is 7.40. The Kier molecular flexibility index (Phi) is 7.24. The fraction of sp³-hybridized carbons (Fsp3) is 0.263. The number of anilines is 1. The van der Waals surface area contributed by atoms with Gasteiger partial charge in [-0.3, -0.25) is 19.7 Å². The molecule has 0 aliphatic carbocycles. The lowest BCUT2D eigenvalue weighted by molar-refractivity contribution is 0.942. The number of halogens is 1. The largest absolute Gasteiger partial charge is 0.356 e. The lowest BCUT2D eigenvalue weighted by atomic mass is 10.1. The number of H-pyrrole nitrogens is 1. The smallest absolute Gasteiger partial charge is 0.255 e. The first-order valence-electron chi connectivity index (χ1n) is 8.60. The molecule has 0 saturated heterocycles. The number of nitrogens with zero attached hydrogens (tertiary/aromatic N) is 3. The van der Waals surface area contributed by atoms with Gasteiger partial charge in [0.15, 0.2) is 0 Å². The minimum atomic E-state index is -0.129. The van der Waals surface area contributed by atoms with Crippen molar-refractivity contribution in [1.82, 2.24) is 19.9 Å². The predicted molar refractivity (Wildman–Crippen MR) is 110 cm³/mol. The van der Waals surface area contributed by atoms with Crippen LogP contribution in [0.2, 0.25) is 5.02 Å². The molecule has 0 saturated carbocycles. The molecule has 0 unspecified atom stereocenters. The van der Waals surface area contributed by atoms with E-state index >= 15 is 0 Å². The lowest BCUT2D eigenvalue weighted by Gasteiger charge is -2.07. The number of aromatic nitrogens is 4. The van der Waals surface area contributed by atoms with Crippen LogP contribution < -0.4 is 10.9 Å². The van der Waals surface area contributed by atoms with Gasteiger partial charge in [-0.05, 0) is 35.9 Å². The number of aromatic amines is 1. The molecular formula is C19H20ClN5OS. The molecule has 3 aromatic heterocycles. The van der Waals surface area contributed by atoms with Crippen molar-refractivity contribution >= 4 is 29.3 Å². The first-order chi connectivity index (χ1) is 13.2. The summed E-state index contributed by atoms with van der Waals surface area (Å²) < 4.78 is 0. The molecule has 3 aromatic rings. The van der Waals surface area contributed by atoms with Crippen LogP contribution in [0.1, 0.15) is 23.2 Å². The fourth-order valence-corrected chi connectivity index (χ4v) is 3.62. The van der Waals surface area contributed by atoms with Crippen LogP contribution in [-0.2, 0) is 12.2 Å². The third-order valence-electron chi connectivity index (χ3n) is 3.82. The first kappa shape index (κ1) is 19.4. The van der Waals surface area contributed by atoms with Crippen LogP contribution in [0.15, 0.2) is 53.8 Å². The summed E-state index contributed by atoms with van der Waals surface area (Å²) in [5.41, 5.74) is 2.38. The molecule has 0 aliphatic heterocycles. The monoisotopic (exact) mass is 401 g/mol. The lowest BCUT2D eigenvalue weighted by Crippen LogP contribution is -2.17. The van der Waals surface area contributed by atoms with Crippen LogP contribution >= 0.6 is 23.4 Å². The predicted octanol–water partition coefficient (Wildman–Crippen LogP) is 3.54. The summed E-state index contributed by atoms with van der Waals surface area (Å²) in [5, 5.41) is 3.86. The van der Waals surface area contributed by atoms with Crippen molar-refractivity contribution < 1.29 is 0 Å². The molecule has 0 bridgehead atoms. The summed E-state index contributed by atoms with van der Waals surface area (Å²) in [5.74, 6) is 2.24. The van der Waals surface area contributed by atoms with Crippen molar-refractivity contribution in [3.63, 3.8) is 0 Å². The molecule has 140 valence electrons. The van der Waals surface area contributed by atoms with Gasteiger partial charge in [0.1, 0.15) is 0 Å². The summed E-state index contributed by atoms with van der Waals surface area (Å²) in [6, 6.07) is 7.48.